The lowest BCUT2D eigenvalue weighted by Crippen LogP contribution is -2.33. The molecule has 0 amide bonds. The Morgan fingerprint density at radius 3 is 2.38 bits per heavy atom. The lowest BCUT2D eigenvalue weighted by molar-refractivity contribution is -0.639. The number of nitrogens with one attached hydrogen (secondary N) is 1. The van der Waals surface area contributed by atoms with Gasteiger partial charge in [0.25, 0.3) is 15.5 Å². The quantitative estimate of drug-likeness (QED) is 0.343. The van der Waals surface area contributed by atoms with Crippen LogP contribution in [-0.4, -0.2) is 13.5 Å². The van der Waals surface area contributed by atoms with E-state index in [2.05, 4.69) is 9.82 Å². The molecular weight excluding hydrogens is 350 g/mol. The number of nitrogens with zero attached hydrogens (tertiary/aromatic N) is 2. The molecule has 0 aliphatic carbocycles. The summed E-state index contributed by atoms with van der Waals surface area (Å²) in [4.78, 5) is 0.594. The van der Waals surface area contributed by atoms with E-state index in [0.29, 0.717) is 15.7 Å². The fourth-order valence-electron chi connectivity index (χ4n) is 2.91. The fraction of sp³-hybridized carbons (Fsp3) is 0.0526. The fourth-order valence-corrected chi connectivity index (χ4v) is 3.97. The van der Waals surface area contributed by atoms with Gasteiger partial charge < -0.3 is 5.21 Å². The maximum Gasteiger partial charge on any atom is 0.276 e. The van der Waals surface area contributed by atoms with Crippen molar-refractivity contribution in [3.63, 3.8) is 0 Å². The molecular formula is C19H15N3O3S. The third-order valence-electron chi connectivity index (χ3n) is 4.20. The van der Waals surface area contributed by atoms with Gasteiger partial charge in [-0.1, -0.05) is 42.0 Å². The number of para-hydroxylation sites is 1. The smallest absolute Gasteiger partial charge is 0.276 e. The zero-order valence-electron chi connectivity index (χ0n) is 13.9. The molecule has 0 saturated heterocycles. The highest BCUT2D eigenvalue weighted by atomic mass is 32.2. The molecule has 26 heavy (non-hydrogen) atoms. The number of rotatable bonds is 3. The van der Waals surface area contributed by atoms with Crippen molar-refractivity contribution in [2.75, 3.05) is 4.72 Å². The van der Waals surface area contributed by atoms with Crippen molar-refractivity contribution in [3.05, 3.63) is 77.5 Å². The van der Waals surface area contributed by atoms with Crippen molar-refractivity contribution in [1.82, 2.24) is 5.10 Å². The second-order valence-electron chi connectivity index (χ2n) is 6.01. The van der Waals surface area contributed by atoms with E-state index >= 15 is 0 Å². The molecule has 7 heteroatoms. The van der Waals surface area contributed by atoms with Gasteiger partial charge >= 0.3 is 0 Å². The van der Waals surface area contributed by atoms with Crippen molar-refractivity contribution >= 4 is 37.5 Å². The summed E-state index contributed by atoms with van der Waals surface area (Å²) in [5, 5.41) is 17.9. The summed E-state index contributed by atoms with van der Waals surface area (Å²) in [5.74, 6) is 0. The van der Waals surface area contributed by atoms with Crippen molar-refractivity contribution in [3.8, 4) is 0 Å². The Morgan fingerprint density at radius 2 is 1.62 bits per heavy atom. The van der Waals surface area contributed by atoms with Crippen LogP contribution in [0.15, 0.2) is 71.6 Å². The minimum Gasteiger partial charge on any atom is -0.594 e. The van der Waals surface area contributed by atoms with Gasteiger partial charge in [0.1, 0.15) is 11.2 Å². The van der Waals surface area contributed by atoms with Crippen LogP contribution in [0.1, 0.15) is 5.56 Å². The van der Waals surface area contributed by atoms with Crippen LogP contribution in [0.4, 0.5) is 5.69 Å². The zero-order valence-corrected chi connectivity index (χ0v) is 14.7. The van der Waals surface area contributed by atoms with E-state index in [-0.39, 0.29) is 16.1 Å². The number of aromatic nitrogens is 2. The molecule has 0 spiro atoms. The first-order valence-electron chi connectivity index (χ1n) is 7.96. The number of sulfonamides is 1. The van der Waals surface area contributed by atoms with Crippen LogP contribution in [0.25, 0.3) is 21.8 Å². The third kappa shape index (κ3) is 2.72. The average molecular weight is 365 g/mol. The highest BCUT2D eigenvalue weighted by molar-refractivity contribution is 7.92. The van der Waals surface area contributed by atoms with Crippen LogP contribution in [0.3, 0.4) is 0 Å². The van der Waals surface area contributed by atoms with Crippen molar-refractivity contribution < 1.29 is 13.3 Å². The summed E-state index contributed by atoms with van der Waals surface area (Å²) in [7, 11) is -3.82. The van der Waals surface area contributed by atoms with E-state index < -0.39 is 10.0 Å². The van der Waals surface area contributed by atoms with Gasteiger partial charge in [0.05, 0.1) is 10.3 Å². The molecule has 0 fully saturated rings. The van der Waals surface area contributed by atoms with Gasteiger partial charge in [-0.3, -0.25) is 4.72 Å². The van der Waals surface area contributed by atoms with Crippen LogP contribution < -0.4 is 9.57 Å². The summed E-state index contributed by atoms with van der Waals surface area (Å²) in [5.41, 5.74) is 1.88. The van der Waals surface area contributed by atoms with Crippen LogP contribution in [0.5, 0.6) is 0 Å². The van der Waals surface area contributed by atoms with Crippen molar-refractivity contribution in [2.45, 2.75) is 11.8 Å². The summed E-state index contributed by atoms with van der Waals surface area (Å²) in [6.07, 6.45) is 0. The van der Waals surface area contributed by atoms with Gasteiger partial charge in [-0.15, -0.1) is 0 Å². The number of fused-ring (bicyclic) bond motifs is 3. The van der Waals surface area contributed by atoms with Crippen LogP contribution in [0, 0.1) is 12.1 Å². The number of anilines is 1. The Bertz CT molecular complexity index is 1240. The maximum absolute atomic E-state index is 12.7. The van der Waals surface area contributed by atoms with Gasteiger partial charge in [-0.2, -0.15) is 0 Å². The Balaban J connectivity index is 1.90. The average Bonchev–Trinajstić information content (AvgIpc) is 2.62. The van der Waals surface area contributed by atoms with E-state index in [1.165, 1.54) is 12.1 Å². The number of hydrogen-bond donors (Lipinski definition) is 1. The van der Waals surface area contributed by atoms with Crippen LogP contribution >= 0.6 is 0 Å². The topological polar surface area (TPSA) is 86.0 Å². The first kappa shape index (κ1) is 16.3. The van der Waals surface area contributed by atoms with E-state index in [1.807, 2.05) is 19.1 Å². The number of benzene rings is 3. The molecule has 0 aliphatic rings. The number of hydrogen-bond acceptors (Lipinski definition) is 4. The monoisotopic (exact) mass is 365 g/mol. The lowest BCUT2D eigenvalue weighted by atomic mass is 10.1. The molecule has 0 bridgehead atoms. The summed E-state index contributed by atoms with van der Waals surface area (Å²) < 4.78 is 27.9. The molecule has 1 N–H and O–H groups in total. The lowest BCUT2D eigenvalue weighted by Gasteiger charge is -2.11. The molecule has 6 nitrogen and oxygen atoms in total. The van der Waals surface area contributed by atoms with Crippen molar-refractivity contribution in [2.24, 2.45) is 0 Å². The Morgan fingerprint density at radius 1 is 0.923 bits per heavy atom. The predicted octanol–water partition coefficient (Wildman–Crippen LogP) is 3.13. The van der Waals surface area contributed by atoms with Crippen molar-refractivity contribution in [1.29, 1.82) is 0 Å². The molecule has 4 rings (SSSR count). The molecule has 3 aromatic carbocycles. The molecule has 0 atom stereocenters. The number of aryl methyl sites for hydroxylation is 1. The molecule has 0 radical (unpaired) electrons. The van der Waals surface area contributed by atoms with Gasteiger partial charge in [-0.25, -0.2) is 8.42 Å². The predicted molar refractivity (Wildman–Crippen MR) is 100 cm³/mol. The molecule has 1 heterocycles. The van der Waals surface area contributed by atoms with E-state index in [9.17, 15) is 13.6 Å². The van der Waals surface area contributed by atoms with E-state index in [4.69, 9.17) is 0 Å². The maximum atomic E-state index is 12.7. The Hall–Kier alpha value is -3.19. The third-order valence-corrected chi connectivity index (χ3v) is 5.58. The molecule has 0 unspecified atom stereocenters. The highest BCUT2D eigenvalue weighted by Gasteiger charge is 2.21. The Labute approximate surface area is 150 Å². The largest absolute Gasteiger partial charge is 0.594 e. The van der Waals surface area contributed by atoms with Crippen LogP contribution in [0.2, 0.25) is 0 Å². The molecule has 130 valence electrons. The zero-order chi connectivity index (χ0) is 18.3. The van der Waals surface area contributed by atoms with Crippen LogP contribution in [-0.2, 0) is 10.0 Å². The molecule has 4 aromatic rings. The first-order valence-corrected chi connectivity index (χ1v) is 9.45. The minimum absolute atomic E-state index is 0.131. The van der Waals surface area contributed by atoms with Gasteiger partial charge in [-0.05, 0) is 42.1 Å². The summed E-state index contributed by atoms with van der Waals surface area (Å²) >= 11 is 0. The molecule has 0 aliphatic heterocycles. The summed E-state index contributed by atoms with van der Waals surface area (Å²) in [6.45, 7) is 1.88. The SMILES string of the molecule is Cc1ccc(S(=O)(=O)Nc2cccc3c4ccccc4n[n+]([O-])c23)cc1. The van der Waals surface area contributed by atoms with E-state index in [0.717, 1.165) is 10.9 Å². The van der Waals surface area contributed by atoms with Gasteiger partial charge in [0.2, 0.25) is 0 Å². The van der Waals surface area contributed by atoms with Gasteiger partial charge in [0.15, 0.2) is 0 Å². The molecule has 0 saturated carbocycles. The minimum atomic E-state index is -3.82. The second kappa shape index (κ2) is 5.96. The Kier molecular flexibility index (Phi) is 3.73. The molecule has 1 aromatic heterocycles. The van der Waals surface area contributed by atoms with Gasteiger partial charge in [0, 0.05) is 10.5 Å². The standard InChI is InChI=1S/C19H15N3O3S/c1-13-9-11-14(12-10-13)26(24,25)21-18-8-4-6-16-15-5-2-3-7-17(15)20-22(23)19(16)18/h2-12,21H,1H3. The summed E-state index contributed by atoms with van der Waals surface area (Å²) in [6, 6.07) is 18.8. The second-order valence-corrected chi connectivity index (χ2v) is 7.69. The highest BCUT2D eigenvalue weighted by Crippen LogP contribution is 2.27. The van der Waals surface area contributed by atoms with E-state index in [1.54, 1.807) is 42.5 Å². The first-order chi connectivity index (χ1) is 12.5. The normalized spacial score (nSPS) is 11.7.